The fourth-order valence-corrected chi connectivity index (χ4v) is 5.19. The van der Waals surface area contributed by atoms with E-state index in [9.17, 15) is 18.0 Å². The molecule has 1 fully saturated rings. The minimum Gasteiger partial charge on any atom is -0.340 e. The number of amides is 1. The Kier molecular flexibility index (Phi) is 7.84. The van der Waals surface area contributed by atoms with Crippen LogP contribution >= 0.6 is 0 Å². The third-order valence-electron chi connectivity index (χ3n) is 7.30. The molecule has 0 saturated carbocycles. The average Bonchev–Trinajstić information content (AvgIpc) is 3.37. The third kappa shape index (κ3) is 6.23. The van der Waals surface area contributed by atoms with E-state index in [0.29, 0.717) is 30.0 Å². The van der Waals surface area contributed by atoms with Gasteiger partial charge in [0.25, 0.3) is 0 Å². The molecule has 8 heteroatoms. The van der Waals surface area contributed by atoms with Gasteiger partial charge in [0, 0.05) is 57.0 Å². The lowest BCUT2D eigenvalue weighted by atomic mass is 9.90. The number of fused-ring (bicyclic) bond motifs is 1. The Bertz CT molecular complexity index is 1450. The van der Waals surface area contributed by atoms with E-state index in [2.05, 4.69) is 34.2 Å². The summed E-state index contributed by atoms with van der Waals surface area (Å²) >= 11 is 0. The van der Waals surface area contributed by atoms with Crippen molar-refractivity contribution in [2.24, 2.45) is 0 Å². The molecule has 5 nitrogen and oxygen atoms in total. The fraction of sp³-hybridized carbons (Fsp3) is 0.290. The van der Waals surface area contributed by atoms with Gasteiger partial charge < -0.3 is 9.30 Å². The summed E-state index contributed by atoms with van der Waals surface area (Å²) in [6, 6.07) is 21.1. The standard InChI is InChI=1S/C31H31F3N4O/c1-23-8-5-14-29-35-22-28(38(23)29)27(25-12-6-13-26(20-25)31(32,33)34)21-30(39)37-18-16-36(17-19-37)15-7-11-24-9-3-2-4-10-24/h2-14,20,22,27H,15-19,21H2,1H3/b11-7+. The Morgan fingerprint density at radius 3 is 2.46 bits per heavy atom. The van der Waals surface area contributed by atoms with Crippen molar-refractivity contribution in [1.29, 1.82) is 0 Å². The second-order valence-electron chi connectivity index (χ2n) is 9.92. The molecule has 1 aliphatic rings. The highest BCUT2D eigenvalue weighted by Gasteiger charge is 2.33. The molecule has 4 aromatic rings. The number of hydrogen-bond donors (Lipinski definition) is 0. The van der Waals surface area contributed by atoms with Crippen LogP contribution in [0, 0.1) is 6.92 Å². The van der Waals surface area contributed by atoms with Gasteiger partial charge in [0.2, 0.25) is 5.91 Å². The van der Waals surface area contributed by atoms with Crippen molar-refractivity contribution in [2.45, 2.75) is 25.4 Å². The van der Waals surface area contributed by atoms with Crippen LogP contribution in [0.4, 0.5) is 13.2 Å². The maximum Gasteiger partial charge on any atom is 0.416 e. The number of benzene rings is 2. The van der Waals surface area contributed by atoms with Crippen LogP contribution in [-0.2, 0) is 11.0 Å². The molecule has 2 aromatic carbocycles. The molecule has 5 rings (SSSR count). The number of aromatic nitrogens is 2. The zero-order chi connectivity index (χ0) is 27.4. The summed E-state index contributed by atoms with van der Waals surface area (Å²) in [6.07, 6.45) is 1.50. The van der Waals surface area contributed by atoms with Gasteiger partial charge in [0.15, 0.2) is 0 Å². The smallest absolute Gasteiger partial charge is 0.340 e. The number of carbonyl (C=O) groups excluding carboxylic acids is 1. The van der Waals surface area contributed by atoms with Gasteiger partial charge in [-0.15, -0.1) is 0 Å². The molecule has 1 saturated heterocycles. The second-order valence-corrected chi connectivity index (χ2v) is 9.92. The molecule has 3 heterocycles. The number of hydrogen-bond acceptors (Lipinski definition) is 3. The predicted octanol–water partition coefficient (Wildman–Crippen LogP) is 6.04. The van der Waals surface area contributed by atoms with Crippen LogP contribution < -0.4 is 0 Å². The van der Waals surface area contributed by atoms with Crippen molar-refractivity contribution < 1.29 is 18.0 Å². The minimum atomic E-state index is -4.47. The first kappa shape index (κ1) is 26.7. The van der Waals surface area contributed by atoms with Crippen LogP contribution in [0.15, 0.2) is 85.1 Å². The fourth-order valence-electron chi connectivity index (χ4n) is 5.19. The highest BCUT2D eigenvalue weighted by molar-refractivity contribution is 5.78. The Balaban J connectivity index is 1.32. The number of alkyl halides is 3. The highest BCUT2D eigenvalue weighted by Crippen LogP contribution is 2.35. The van der Waals surface area contributed by atoms with E-state index in [-0.39, 0.29) is 12.3 Å². The molecule has 0 spiro atoms. The summed E-state index contributed by atoms with van der Waals surface area (Å²) in [5.74, 6) is -0.636. The maximum absolute atomic E-state index is 13.6. The Morgan fingerprint density at radius 2 is 1.72 bits per heavy atom. The lowest BCUT2D eigenvalue weighted by Crippen LogP contribution is -2.48. The van der Waals surface area contributed by atoms with Crippen molar-refractivity contribution in [1.82, 2.24) is 19.2 Å². The van der Waals surface area contributed by atoms with Crippen molar-refractivity contribution in [2.75, 3.05) is 32.7 Å². The molecule has 1 unspecified atom stereocenters. The second kappa shape index (κ2) is 11.5. The number of imidazole rings is 1. The zero-order valence-electron chi connectivity index (χ0n) is 21.8. The number of carbonyl (C=O) groups is 1. The summed E-state index contributed by atoms with van der Waals surface area (Å²) < 4.78 is 42.6. The molecule has 0 bridgehead atoms. The summed E-state index contributed by atoms with van der Waals surface area (Å²) in [6.45, 7) is 5.38. The zero-order valence-corrected chi connectivity index (χ0v) is 21.8. The summed E-state index contributed by atoms with van der Waals surface area (Å²) in [7, 11) is 0. The number of pyridine rings is 1. The molecule has 39 heavy (non-hydrogen) atoms. The van der Waals surface area contributed by atoms with Gasteiger partial charge in [-0.1, -0.05) is 66.7 Å². The van der Waals surface area contributed by atoms with E-state index in [0.717, 1.165) is 43.0 Å². The maximum atomic E-state index is 13.6. The number of aryl methyl sites for hydroxylation is 1. The van der Waals surface area contributed by atoms with Gasteiger partial charge in [-0.25, -0.2) is 4.98 Å². The monoisotopic (exact) mass is 532 g/mol. The molecule has 1 amide bonds. The largest absolute Gasteiger partial charge is 0.416 e. The van der Waals surface area contributed by atoms with Crippen molar-refractivity contribution >= 4 is 17.6 Å². The molecule has 0 radical (unpaired) electrons. The van der Waals surface area contributed by atoms with Crippen LogP contribution in [0.25, 0.3) is 11.7 Å². The van der Waals surface area contributed by atoms with Crippen LogP contribution in [-0.4, -0.2) is 57.8 Å². The number of piperazine rings is 1. The van der Waals surface area contributed by atoms with Gasteiger partial charge in [-0.05, 0) is 36.2 Å². The van der Waals surface area contributed by atoms with Gasteiger partial charge in [0.05, 0.1) is 11.3 Å². The number of halogens is 3. The minimum absolute atomic E-state index is 0.0668. The van der Waals surface area contributed by atoms with Gasteiger partial charge in [-0.2, -0.15) is 13.2 Å². The summed E-state index contributed by atoms with van der Waals surface area (Å²) in [4.78, 5) is 22.1. The van der Waals surface area contributed by atoms with E-state index < -0.39 is 17.7 Å². The Morgan fingerprint density at radius 1 is 0.974 bits per heavy atom. The average molecular weight is 533 g/mol. The van der Waals surface area contributed by atoms with Gasteiger partial charge >= 0.3 is 6.18 Å². The van der Waals surface area contributed by atoms with Crippen LogP contribution in [0.1, 0.15) is 40.4 Å². The van der Waals surface area contributed by atoms with E-state index in [1.54, 1.807) is 12.3 Å². The summed E-state index contributed by atoms with van der Waals surface area (Å²) in [5.41, 5.74) is 3.19. The van der Waals surface area contributed by atoms with Crippen molar-refractivity contribution in [3.05, 3.63) is 113 Å². The first-order valence-electron chi connectivity index (χ1n) is 13.1. The quantitative estimate of drug-likeness (QED) is 0.291. The topological polar surface area (TPSA) is 40.9 Å². The Hall–Kier alpha value is -3.91. The van der Waals surface area contributed by atoms with Crippen LogP contribution in [0.5, 0.6) is 0 Å². The van der Waals surface area contributed by atoms with Crippen molar-refractivity contribution in [3.63, 3.8) is 0 Å². The normalized spacial score (nSPS) is 15.7. The molecule has 0 N–H and O–H groups in total. The summed E-state index contributed by atoms with van der Waals surface area (Å²) in [5, 5.41) is 0. The molecule has 0 aliphatic carbocycles. The van der Waals surface area contributed by atoms with Crippen LogP contribution in [0.3, 0.4) is 0 Å². The predicted molar refractivity (Wildman–Crippen MR) is 146 cm³/mol. The lowest BCUT2D eigenvalue weighted by molar-refractivity contribution is -0.137. The molecule has 1 atom stereocenters. The van der Waals surface area contributed by atoms with Crippen LogP contribution in [0.2, 0.25) is 0 Å². The number of nitrogens with zero attached hydrogens (tertiary/aromatic N) is 4. The number of rotatable bonds is 7. The van der Waals surface area contributed by atoms with Crippen molar-refractivity contribution in [3.8, 4) is 0 Å². The van der Waals surface area contributed by atoms with E-state index >= 15 is 0 Å². The first-order chi connectivity index (χ1) is 18.8. The SMILES string of the molecule is Cc1cccc2ncc(C(CC(=O)N3CCN(C/C=C/c4ccccc4)CC3)c3cccc(C(F)(F)F)c3)n12. The first-order valence-corrected chi connectivity index (χ1v) is 13.1. The highest BCUT2D eigenvalue weighted by atomic mass is 19.4. The molecule has 202 valence electrons. The lowest BCUT2D eigenvalue weighted by Gasteiger charge is -2.35. The Labute approximate surface area is 226 Å². The van der Waals surface area contributed by atoms with E-state index in [1.807, 2.05) is 52.6 Å². The molecular weight excluding hydrogens is 501 g/mol. The molecule has 2 aromatic heterocycles. The van der Waals surface area contributed by atoms with E-state index in [4.69, 9.17) is 0 Å². The van der Waals surface area contributed by atoms with Gasteiger partial charge in [-0.3, -0.25) is 9.69 Å². The molecular formula is C31H31F3N4O. The van der Waals surface area contributed by atoms with Gasteiger partial charge in [0.1, 0.15) is 5.65 Å². The molecule has 1 aliphatic heterocycles. The van der Waals surface area contributed by atoms with E-state index in [1.165, 1.54) is 6.07 Å². The third-order valence-corrected chi connectivity index (χ3v) is 7.30.